The maximum absolute atomic E-state index is 13.3. The molecule has 0 aromatic heterocycles. The van der Waals surface area contributed by atoms with Crippen LogP contribution in [0, 0.1) is 0 Å². The van der Waals surface area contributed by atoms with Crippen molar-refractivity contribution in [3.8, 4) is 5.75 Å². The molecule has 0 aliphatic carbocycles. The predicted molar refractivity (Wildman–Crippen MR) is 150 cm³/mol. The minimum atomic E-state index is -0.0683. The molecule has 0 unspecified atom stereocenters. The van der Waals surface area contributed by atoms with E-state index in [0.717, 1.165) is 44.0 Å². The van der Waals surface area contributed by atoms with Gasteiger partial charge in [0.15, 0.2) is 0 Å². The average Bonchev–Trinajstić information content (AvgIpc) is 2.95. The molecule has 200 valence electrons. The summed E-state index contributed by atoms with van der Waals surface area (Å²) < 4.78 is 11.8. The Morgan fingerprint density at radius 2 is 1.71 bits per heavy atom. The van der Waals surface area contributed by atoms with E-state index in [1.54, 1.807) is 0 Å². The molecule has 0 atom stereocenters. The van der Waals surface area contributed by atoms with E-state index in [4.69, 9.17) is 9.47 Å². The van der Waals surface area contributed by atoms with Crippen molar-refractivity contribution < 1.29 is 14.3 Å². The molecule has 0 radical (unpaired) electrons. The first-order chi connectivity index (χ1) is 18.7. The highest BCUT2D eigenvalue weighted by Gasteiger charge is 2.15. The van der Waals surface area contributed by atoms with Crippen LogP contribution in [0.3, 0.4) is 0 Å². The first-order valence-electron chi connectivity index (χ1n) is 13.9. The number of amides is 1. The standard InChI is InChI=1S/C32H39N3O3/c36-32(34-23-28-9-2-3-10-29(28)24-35-14-4-1-5-15-35)27-11-12-31-30(21-27)20-25-7-6-8-26(19-25)22-33-13-16-37-17-18-38-31/h2-3,6-12,19,21,33H,1,4-5,13-18,20,22-24H2,(H,34,36). The molecule has 3 aromatic carbocycles. The van der Waals surface area contributed by atoms with Crippen molar-refractivity contribution in [1.82, 2.24) is 15.5 Å². The third-order valence-electron chi connectivity index (χ3n) is 7.35. The Kier molecular flexibility index (Phi) is 9.43. The van der Waals surface area contributed by atoms with Gasteiger partial charge in [-0.2, -0.15) is 0 Å². The molecule has 5 rings (SSSR count). The monoisotopic (exact) mass is 513 g/mol. The van der Waals surface area contributed by atoms with Crippen molar-refractivity contribution in [3.63, 3.8) is 0 Å². The Bertz CT molecular complexity index is 1210. The second-order valence-corrected chi connectivity index (χ2v) is 10.2. The van der Waals surface area contributed by atoms with Crippen molar-refractivity contribution in [1.29, 1.82) is 0 Å². The molecule has 1 amide bonds. The number of carbonyl (C=O) groups is 1. The van der Waals surface area contributed by atoms with Crippen LogP contribution in [0.25, 0.3) is 0 Å². The smallest absolute Gasteiger partial charge is 0.251 e. The summed E-state index contributed by atoms with van der Waals surface area (Å²) in [6.07, 6.45) is 4.57. The van der Waals surface area contributed by atoms with E-state index in [9.17, 15) is 4.79 Å². The van der Waals surface area contributed by atoms with Crippen LogP contribution in [-0.2, 0) is 30.8 Å². The molecule has 3 aromatic rings. The number of benzene rings is 3. The van der Waals surface area contributed by atoms with E-state index in [2.05, 4.69) is 64.1 Å². The molecule has 0 saturated carbocycles. The second-order valence-electron chi connectivity index (χ2n) is 10.2. The van der Waals surface area contributed by atoms with E-state index in [0.29, 0.717) is 38.3 Å². The number of carbonyl (C=O) groups excluding carboxylic acids is 1. The first-order valence-corrected chi connectivity index (χ1v) is 13.9. The van der Waals surface area contributed by atoms with Crippen LogP contribution >= 0.6 is 0 Å². The normalized spacial score (nSPS) is 17.1. The number of rotatable bonds is 5. The molecule has 2 heterocycles. The van der Waals surface area contributed by atoms with E-state index >= 15 is 0 Å². The fourth-order valence-electron chi connectivity index (χ4n) is 5.28. The Labute approximate surface area is 226 Å². The summed E-state index contributed by atoms with van der Waals surface area (Å²) in [5.74, 6) is 0.735. The minimum Gasteiger partial charge on any atom is -0.491 e. The molecule has 2 aliphatic heterocycles. The molecule has 6 nitrogen and oxygen atoms in total. The fourth-order valence-corrected chi connectivity index (χ4v) is 5.28. The molecular weight excluding hydrogens is 474 g/mol. The van der Waals surface area contributed by atoms with Crippen molar-refractivity contribution in [2.75, 3.05) is 39.5 Å². The summed E-state index contributed by atoms with van der Waals surface area (Å²) in [5, 5.41) is 6.59. The van der Waals surface area contributed by atoms with Crippen LogP contribution in [0.1, 0.15) is 57.4 Å². The topological polar surface area (TPSA) is 62.8 Å². The molecule has 2 aliphatic rings. The quantitative estimate of drug-likeness (QED) is 0.518. The molecule has 0 spiro atoms. The summed E-state index contributed by atoms with van der Waals surface area (Å²) in [7, 11) is 0. The van der Waals surface area contributed by atoms with Gasteiger partial charge in [-0.3, -0.25) is 9.69 Å². The van der Waals surface area contributed by atoms with Crippen molar-refractivity contribution in [3.05, 3.63) is 100 Å². The molecule has 6 heteroatoms. The summed E-state index contributed by atoms with van der Waals surface area (Å²) >= 11 is 0. The molecule has 1 fully saturated rings. The average molecular weight is 514 g/mol. The van der Waals surface area contributed by atoms with Crippen molar-refractivity contribution in [2.24, 2.45) is 0 Å². The Morgan fingerprint density at radius 1 is 0.868 bits per heavy atom. The lowest BCUT2D eigenvalue weighted by molar-refractivity contribution is 0.0949. The van der Waals surface area contributed by atoms with Crippen LogP contribution in [0.5, 0.6) is 5.75 Å². The number of ether oxygens (including phenoxy) is 2. The molecule has 2 bridgehead atoms. The number of nitrogens with zero attached hydrogens (tertiary/aromatic N) is 1. The third-order valence-corrected chi connectivity index (χ3v) is 7.35. The van der Waals surface area contributed by atoms with Gasteiger partial charge in [0.2, 0.25) is 0 Å². The van der Waals surface area contributed by atoms with Crippen LogP contribution in [0.15, 0.2) is 66.7 Å². The van der Waals surface area contributed by atoms with E-state index in [1.165, 1.54) is 41.5 Å². The van der Waals surface area contributed by atoms with Gasteiger partial charge < -0.3 is 20.1 Å². The number of piperidine rings is 1. The van der Waals surface area contributed by atoms with Gasteiger partial charge in [0.05, 0.1) is 13.2 Å². The van der Waals surface area contributed by atoms with Crippen LogP contribution in [0.4, 0.5) is 0 Å². The lowest BCUT2D eigenvalue weighted by atomic mass is 9.99. The van der Waals surface area contributed by atoms with Crippen LogP contribution < -0.4 is 15.4 Å². The van der Waals surface area contributed by atoms with Crippen LogP contribution in [-0.4, -0.2) is 50.3 Å². The number of likely N-dealkylation sites (tertiary alicyclic amines) is 1. The van der Waals surface area contributed by atoms with E-state index in [-0.39, 0.29) is 5.91 Å². The highest BCUT2D eigenvalue weighted by molar-refractivity contribution is 5.94. The summed E-state index contributed by atoms with van der Waals surface area (Å²) in [6.45, 7) is 7.05. The largest absolute Gasteiger partial charge is 0.491 e. The summed E-state index contributed by atoms with van der Waals surface area (Å²) in [5.41, 5.74) is 6.56. The van der Waals surface area contributed by atoms with Gasteiger partial charge in [-0.25, -0.2) is 0 Å². The van der Waals surface area contributed by atoms with Gasteiger partial charge >= 0.3 is 0 Å². The lowest BCUT2D eigenvalue weighted by Crippen LogP contribution is -2.30. The molecule has 2 N–H and O–H groups in total. The van der Waals surface area contributed by atoms with Crippen LogP contribution in [0.2, 0.25) is 0 Å². The zero-order chi connectivity index (χ0) is 26.0. The Hall–Kier alpha value is -3.19. The fraction of sp³-hybridized carbons (Fsp3) is 0.406. The van der Waals surface area contributed by atoms with Gasteiger partial charge in [0, 0.05) is 38.2 Å². The predicted octanol–water partition coefficient (Wildman–Crippen LogP) is 4.69. The zero-order valence-corrected chi connectivity index (χ0v) is 22.2. The van der Waals surface area contributed by atoms with Gasteiger partial charge in [-0.05, 0) is 71.9 Å². The van der Waals surface area contributed by atoms with Gasteiger partial charge in [-0.1, -0.05) is 55.0 Å². The Morgan fingerprint density at radius 3 is 2.61 bits per heavy atom. The van der Waals surface area contributed by atoms with E-state index < -0.39 is 0 Å². The highest BCUT2D eigenvalue weighted by atomic mass is 16.5. The molecular formula is C32H39N3O3. The number of fused-ring (bicyclic) bond motifs is 3. The minimum absolute atomic E-state index is 0.0683. The third kappa shape index (κ3) is 7.44. The maximum atomic E-state index is 13.3. The summed E-state index contributed by atoms with van der Waals surface area (Å²) in [4.78, 5) is 15.8. The summed E-state index contributed by atoms with van der Waals surface area (Å²) in [6, 6.07) is 22.8. The first kappa shape index (κ1) is 26.4. The SMILES string of the molecule is O=C(NCc1ccccc1CN1CCCCC1)c1ccc2c(c1)Cc1cccc(c1)CNCCOCCO2. The molecule has 38 heavy (non-hydrogen) atoms. The second kappa shape index (κ2) is 13.6. The van der Waals surface area contributed by atoms with Crippen molar-refractivity contribution >= 4 is 5.91 Å². The number of hydrogen-bond donors (Lipinski definition) is 2. The zero-order valence-electron chi connectivity index (χ0n) is 22.2. The van der Waals surface area contributed by atoms with Crippen molar-refractivity contribution in [2.45, 2.75) is 45.3 Å². The van der Waals surface area contributed by atoms with Gasteiger partial charge in [0.25, 0.3) is 5.91 Å². The number of nitrogens with one attached hydrogen (secondary N) is 2. The van der Waals surface area contributed by atoms with Gasteiger partial charge in [0.1, 0.15) is 12.4 Å². The molecule has 1 saturated heterocycles. The maximum Gasteiger partial charge on any atom is 0.251 e. The van der Waals surface area contributed by atoms with Gasteiger partial charge in [-0.15, -0.1) is 0 Å². The highest BCUT2D eigenvalue weighted by Crippen LogP contribution is 2.25. The number of hydrogen-bond acceptors (Lipinski definition) is 5. The Balaban J connectivity index is 1.29. The lowest BCUT2D eigenvalue weighted by Gasteiger charge is -2.27. The van der Waals surface area contributed by atoms with E-state index in [1.807, 2.05) is 18.2 Å².